The average molecular weight is 241 g/mol. The van der Waals surface area contributed by atoms with Gasteiger partial charge in [0, 0.05) is 13.0 Å². The summed E-state index contributed by atoms with van der Waals surface area (Å²) in [5.74, 6) is -0.208. The minimum Gasteiger partial charge on any atom is -0.494 e. The summed E-state index contributed by atoms with van der Waals surface area (Å²) in [5, 5.41) is 10.3. The Morgan fingerprint density at radius 2 is 2.12 bits per heavy atom. The van der Waals surface area contributed by atoms with Crippen LogP contribution in [-0.2, 0) is 6.42 Å². The molecule has 17 heavy (non-hydrogen) atoms. The van der Waals surface area contributed by atoms with Crippen molar-refractivity contribution in [1.29, 1.82) is 0 Å². The van der Waals surface area contributed by atoms with Crippen molar-refractivity contribution < 1.29 is 14.2 Å². The summed E-state index contributed by atoms with van der Waals surface area (Å²) in [7, 11) is 1.42. The molecule has 0 fully saturated rings. The van der Waals surface area contributed by atoms with Crippen LogP contribution in [0.2, 0.25) is 0 Å². The molecule has 0 aromatic heterocycles. The lowest BCUT2D eigenvalue weighted by Gasteiger charge is -2.31. The summed E-state index contributed by atoms with van der Waals surface area (Å²) >= 11 is 0. The second-order valence-corrected chi connectivity index (χ2v) is 4.61. The molecular formula is C13H20FNO2. The van der Waals surface area contributed by atoms with Crippen LogP contribution >= 0.6 is 0 Å². The van der Waals surface area contributed by atoms with Gasteiger partial charge >= 0.3 is 0 Å². The lowest BCUT2D eigenvalue weighted by Crippen LogP contribution is -2.44. The molecule has 3 nitrogen and oxygen atoms in total. The van der Waals surface area contributed by atoms with Crippen LogP contribution in [0, 0.1) is 11.7 Å². The van der Waals surface area contributed by atoms with Gasteiger partial charge in [-0.2, -0.15) is 0 Å². The highest BCUT2D eigenvalue weighted by molar-refractivity contribution is 5.30. The Bertz CT molecular complexity index is 382. The lowest BCUT2D eigenvalue weighted by atomic mass is 9.84. The van der Waals surface area contributed by atoms with E-state index in [9.17, 15) is 9.50 Å². The van der Waals surface area contributed by atoms with Gasteiger partial charge in [-0.1, -0.05) is 19.9 Å². The zero-order valence-corrected chi connectivity index (χ0v) is 10.5. The molecule has 0 aliphatic carbocycles. The van der Waals surface area contributed by atoms with Crippen molar-refractivity contribution >= 4 is 0 Å². The monoisotopic (exact) mass is 241 g/mol. The molecule has 0 saturated heterocycles. The predicted octanol–water partition coefficient (Wildman–Crippen LogP) is 1.72. The normalized spacial score (nSPS) is 14.8. The summed E-state index contributed by atoms with van der Waals surface area (Å²) in [4.78, 5) is 0. The van der Waals surface area contributed by atoms with Gasteiger partial charge in [-0.25, -0.2) is 4.39 Å². The molecule has 96 valence electrons. The molecule has 1 aromatic rings. The SMILES string of the molecule is COc1ccc(CC(O)(CN)C(C)C)cc1F. The van der Waals surface area contributed by atoms with E-state index >= 15 is 0 Å². The molecule has 1 aromatic carbocycles. The Kier molecular flexibility index (Phi) is 4.48. The van der Waals surface area contributed by atoms with Crippen LogP contribution in [0.5, 0.6) is 5.75 Å². The first kappa shape index (κ1) is 13.9. The Hall–Kier alpha value is -1.13. The maximum absolute atomic E-state index is 13.5. The van der Waals surface area contributed by atoms with Crippen molar-refractivity contribution in [2.45, 2.75) is 25.9 Å². The fourth-order valence-corrected chi connectivity index (χ4v) is 1.69. The summed E-state index contributed by atoms with van der Waals surface area (Å²) in [6.07, 6.45) is 0.335. The number of aliphatic hydroxyl groups is 1. The van der Waals surface area contributed by atoms with E-state index < -0.39 is 11.4 Å². The minimum atomic E-state index is -0.999. The molecule has 1 unspecified atom stereocenters. The maximum atomic E-state index is 13.5. The van der Waals surface area contributed by atoms with Gasteiger partial charge in [0.1, 0.15) is 0 Å². The zero-order valence-electron chi connectivity index (χ0n) is 10.5. The Labute approximate surface area is 101 Å². The smallest absolute Gasteiger partial charge is 0.165 e. The highest BCUT2D eigenvalue weighted by Gasteiger charge is 2.29. The summed E-state index contributed by atoms with van der Waals surface area (Å²) in [6, 6.07) is 4.68. The van der Waals surface area contributed by atoms with Crippen LogP contribution in [0.3, 0.4) is 0 Å². The molecule has 0 aliphatic rings. The average Bonchev–Trinajstić information content (AvgIpc) is 2.29. The second kappa shape index (κ2) is 5.47. The Balaban J connectivity index is 2.91. The third-order valence-corrected chi connectivity index (χ3v) is 3.15. The van der Waals surface area contributed by atoms with E-state index in [1.165, 1.54) is 13.2 Å². The van der Waals surface area contributed by atoms with E-state index in [4.69, 9.17) is 10.5 Å². The fraction of sp³-hybridized carbons (Fsp3) is 0.538. The number of hydrogen-bond donors (Lipinski definition) is 2. The van der Waals surface area contributed by atoms with Crippen LogP contribution in [0.15, 0.2) is 18.2 Å². The van der Waals surface area contributed by atoms with Crippen molar-refractivity contribution in [3.63, 3.8) is 0 Å². The maximum Gasteiger partial charge on any atom is 0.165 e. The first-order valence-corrected chi connectivity index (χ1v) is 5.68. The number of rotatable bonds is 5. The molecule has 0 saturated carbocycles. The van der Waals surface area contributed by atoms with E-state index in [0.29, 0.717) is 12.0 Å². The highest BCUT2D eigenvalue weighted by atomic mass is 19.1. The largest absolute Gasteiger partial charge is 0.494 e. The third kappa shape index (κ3) is 3.17. The first-order valence-electron chi connectivity index (χ1n) is 5.68. The van der Waals surface area contributed by atoms with Gasteiger partial charge < -0.3 is 15.6 Å². The minimum absolute atomic E-state index is 0.0117. The van der Waals surface area contributed by atoms with Crippen LogP contribution in [0.4, 0.5) is 4.39 Å². The Morgan fingerprint density at radius 1 is 1.47 bits per heavy atom. The van der Waals surface area contributed by atoms with Gasteiger partial charge in [-0.15, -0.1) is 0 Å². The van der Waals surface area contributed by atoms with Crippen molar-refractivity contribution in [3.8, 4) is 5.75 Å². The third-order valence-electron chi connectivity index (χ3n) is 3.15. The van der Waals surface area contributed by atoms with Crippen LogP contribution in [0.1, 0.15) is 19.4 Å². The molecule has 0 radical (unpaired) electrons. The summed E-state index contributed by atoms with van der Waals surface area (Å²) in [6.45, 7) is 3.94. The highest BCUT2D eigenvalue weighted by Crippen LogP contribution is 2.24. The van der Waals surface area contributed by atoms with E-state index in [0.717, 1.165) is 0 Å². The van der Waals surface area contributed by atoms with Gasteiger partial charge in [0.05, 0.1) is 12.7 Å². The molecule has 1 atom stereocenters. The molecule has 3 N–H and O–H groups in total. The van der Waals surface area contributed by atoms with Gasteiger partial charge in [0.25, 0.3) is 0 Å². The van der Waals surface area contributed by atoms with Gasteiger partial charge in [0.2, 0.25) is 0 Å². The second-order valence-electron chi connectivity index (χ2n) is 4.61. The van der Waals surface area contributed by atoms with E-state index in [1.807, 2.05) is 13.8 Å². The van der Waals surface area contributed by atoms with Gasteiger partial charge in [-0.3, -0.25) is 0 Å². The molecule has 0 aliphatic heterocycles. The van der Waals surface area contributed by atoms with Gasteiger partial charge in [-0.05, 0) is 23.6 Å². The number of hydrogen-bond acceptors (Lipinski definition) is 3. The van der Waals surface area contributed by atoms with Crippen molar-refractivity contribution in [2.24, 2.45) is 11.7 Å². The number of ether oxygens (including phenoxy) is 1. The van der Waals surface area contributed by atoms with E-state index in [2.05, 4.69) is 0 Å². The molecule has 0 bridgehead atoms. The van der Waals surface area contributed by atoms with Crippen molar-refractivity contribution in [3.05, 3.63) is 29.6 Å². The topological polar surface area (TPSA) is 55.5 Å². The standard InChI is InChI=1S/C13H20FNO2/c1-9(2)13(16,8-15)7-10-4-5-12(17-3)11(14)6-10/h4-6,9,16H,7-8,15H2,1-3H3. The predicted molar refractivity (Wildman–Crippen MR) is 65.5 cm³/mol. The molecule has 0 spiro atoms. The van der Waals surface area contributed by atoms with Crippen molar-refractivity contribution in [1.82, 2.24) is 0 Å². The van der Waals surface area contributed by atoms with Crippen LogP contribution in [-0.4, -0.2) is 24.4 Å². The molecule has 0 amide bonds. The van der Waals surface area contributed by atoms with Crippen LogP contribution < -0.4 is 10.5 Å². The zero-order chi connectivity index (χ0) is 13.1. The van der Waals surface area contributed by atoms with E-state index in [-0.39, 0.29) is 18.2 Å². The van der Waals surface area contributed by atoms with E-state index in [1.54, 1.807) is 12.1 Å². The number of benzene rings is 1. The number of methoxy groups -OCH3 is 1. The number of halogens is 1. The van der Waals surface area contributed by atoms with Gasteiger partial charge in [0.15, 0.2) is 11.6 Å². The molecule has 0 heterocycles. The Morgan fingerprint density at radius 3 is 2.53 bits per heavy atom. The first-order chi connectivity index (χ1) is 7.92. The quantitative estimate of drug-likeness (QED) is 0.825. The summed E-state index contributed by atoms with van der Waals surface area (Å²) < 4.78 is 18.3. The molecule has 4 heteroatoms. The molecular weight excluding hydrogens is 221 g/mol. The summed E-state index contributed by atoms with van der Waals surface area (Å²) in [5.41, 5.74) is 5.30. The van der Waals surface area contributed by atoms with Crippen molar-refractivity contribution in [2.75, 3.05) is 13.7 Å². The fourth-order valence-electron chi connectivity index (χ4n) is 1.69. The lowest BCUT2D eigenvalue weighted by molar-refractivity contribution is 0.00402. The molecule has 1 rings (SSSR count). The number of nitrogens with two attached hydrogens (primary N) is 1. The van der Waals surface area contributed by atoms with Crippen LogP contribution in [0.25, 0.3) is 0 Å².